The van der Waals surface area contributed by atoms with Crippen molar-refractivity contribution < 1.29 is 14.0 Å². The smallest absolute Gasteiger partial charge is 0.267 e. The number of aromatic nitrogens is 2. The van der Waals surface area contributed by atoms with E-state index in [0.29, 0.717) is 30.6 Å². The van der Waals surface area contributed by atoms with E-state index in [4.69, 9.17) is 0 Å². The van der Waals surface area contributed by atoms with Gasteiger partial charge in [0.2, 0.25) is 0 Å². The van der Waals surface area contributed by atoms with Crippen LogP contribution in [0.3, 0.4) is 0 Å². The first-order valence-electron chi connectivity index (χ1n) is 9.19. The van der Waals surface area contributed by atoms with Crippen molar-refractivity contribution in [3.63, 3.8) is 0 Å². The van der Waals surface area contributed by atoms with Gasteiger partial charge in [-0.3, -0.25) is 9.59 Å². The van der Waals surface area contributed by atoms with Crippen LogP contribution in [-0.2, 0) is 11.3 Å². The number of carbonyl (C=O) groups excluding carboxylic acids is 2. The Morgan fingerprint density at radius 3 is 2.52 bits per heavy atom. The largest absolute Gasteiger partial charge is 0.351 e. The van der Waals surface area contributed by atoms with Crippen LogP contribution >= 0.6 is 0 Å². The molecule has 0 radical (unpaired) electrons. The second kappa shape index (κ2) is 9.98. The van der Waals surface area contributed by atoms with Gasteiger partial charge in [-0.05, 0) is 42.3 Å². The number of benzene rings is 2. The summed E-state index contributed by atoms with van der Waals surface area (Å²) in [6.45, 7) is 1.15. The molecule has 0 aliphatic carbocycles. The maximum absolute atomic E-state index is 13.2. The molecule has 0 spiro atoms. The van der Waals surface area contributed by atoms with Gasteiger partial charge in [-0.15, -0.1) is 0 Å². The van der Waals surface area contributed by atoms with E-state index in [1.807, 2.05) is 10.8 Å². The van der Waals surface area contributed by atoms with Crippen LogP contribution in [0, 0.1) is 5.82 Å². The average molecular weight is 392 g/mol. The minimum atomic E-state index is -0.413. The maximum atomic E-state index is 13.2. The van der Waals surface area contributed by atoms with Crippen molar-refractivity contribution in [2.24, 2.45) is 0 Å². The first-order valence-corrected chi connectivity index (χ1v) is 9.19. The van der Waals surface area contributed by atoms with Crippen LogP contribution in [0.1, 0.15) is 22.3 Å². The summed E-state index contributed by atoms with van der Waals surface area (Å²) < 4.78 is 15.1. The Bertz CT molecular complexity index is 968. The van der Waals surface area contributed by atoms with Gasteiger partial charge in [-0.1, -0.05) is 30.3 Å². The van der Waals surface area contributed by atoms with Crippen molar-refractivity contribution >= 4 is 17.9 Å². The number of aryl methyl sites for hydroxylation is 1. The van der Waals surface area contributed by atoms with Crippen molar-refractivity contribution in [3.05, 3.63) is 96.0 Å². The van der Waals surface area contributed by atoms with Crippen LogP contribution in [0.5, 0.6) is 0 Å². The molecule has 0 unspecified atom stereocenters. The molecule has 0 saturated carbocycles. The summed E-state index contributed by atoms with van der Waals surface area (Å²) in [5.74, 6) is -1.18. The van der Waals surface area contributed by atoms with Crippen LogP contribution in [0.15, 0.2) is 79.0 Å². The van der Waals surface area contributed by atoms with Gasteiger partial charge < -0.3 is 15.2 Å². The van der Waals surface area contributed by atoms with E-state index < -0.39 is 11.8 Å². The van der Waals surface area contributed by atoms with Gasteiger partial charge in [0.1, 0.15) is 11.5 Å². The summed E-state index contributed by atoms with van der Waals surface area (Å²) in [6, 6.07) is 14.3. The zero-order chi connectivity index (χ0) is 20.5. The van der Waals surface area contributed by atoms with Crippen molar-refractivity contribution in [2.45, 2.75) is 13.0 Å². The Morgan fingerprint density at radius 1 is 1.07 bits per heavy atom. The molecule has 29 heavy (non-hydrogen) atoms. The third kappa shape index (κ3) is 6.14. The van der Waals surface area contributed by atoms with Crippen LogP contribution in [-0.4, -0.2) is 27.9 Å². The lowest BCUT2D eigenvalue weighted by Crippen LogP contribution is -2.35. The van der Waals surface area contributed by atoms with E-state index in [2.05, 4.69) is 15.6 Å². The summed E-state index contributed by atoms with van der Waals surface area (Å²) in [6.07, 6.45) is 7.48. The summed E-state index contributed by atoms with van der Waals surface area (Å²) in [5, 5.41) is 5.46. The Labute approximate surface area is 168 Å². The highest BCUT2D eigenvalue weighted by Gasteiger charge is 2.14. The Balaban J connectivity index is 1.68. The Kier molecular flexibility index (Phi) is 6.89. The molecule has 1 aromatic heterocycles. The number of rotatable bonds is 8. The minimum Gasteiger partial charge on any atom is -0.351 e. The molecule has 0 fully saturated rings. The molecule has 3 aromatic rings. The minimum absolute atomic E-state index is 0.0908. The molecule has 7 heteroatoms. The Morgan fingerprint density at radius 2 is 1.83 bits per heavy atom. The molecular formula is C22H21FN4O2. The number of hydrogen-bond acceptors (Lipinski definition) is 3. The number of hydrogen-bond donors (Lipinski definition) is 2. The standard InChI is InChI=1S/C22H21FN4O2/c23-19-9-7-17(8-10-19)15-20(26-21(28)18-5-2-1-3-6-18)22(29)25-11-4-13-27-14-12-24-16-27/h1-3,5-10,12,14-16H,4,11,13H2,(H,25,29)(H,26,28)/b20-15+. The molecule has 6 nitrogen and oxygen atoms in total. The second-order valence-corrected chi connectivity index (χ2v) is 6.34. The van der Waals surface area contributed by atoms with E-state index in [1.165, 1.54) is 30.3 Å². The molecule has 2 aromatic carbocycles. The molecule has 3 rings (SSSR count). The van der Waals surface area contributed by atoms with Crippen molar-refractivity contribution in [1.29, 1.82) is 0 Å². The molecule has 2 amide bonds. The van der Waals surface area contributed by atoms with Crippen LogP contribution in [0.4, 0.5) is 4.39 Å². The third-order valence-corrected chi connectivity index (χ3v) is 4.15. The van der Waals surface area contributed by atoms with Gasteiger partial charge in [0.05, 0.1) is 6.33 Å². The molecule has 0 bridgehead atoms. The normalized spacial score (nSPS) is 11.1. The van der Waals surface area contributed by atoms with E-state index >= 15 is 0 Å². The summed E-state index contributed by atoms with van der Waals surface area (Å²) in [5.41, 5.74) is 1.13. The first-order chi connectivity index (χ1) is 14.1. The lowest BCUT2D eigenvalue weighted by atomic mass is 10.1. The van der Waals surface area contributed by atoms with Gasteiger partial charge in [0.25, 0.3) is 11.8 Å². The molecule has 0 saturated heterocycles. The average Bonchev–Trinajstić information content (AvgIpc) is 3.26. The quantitative estimate of drug-likeness (QED) is 0.457. The van der Waals surface area contributed by atoms with Crippen molar-refractivity contribution in [2.75, 3.05) is 6.54 Å². The van der Waals surface area contributed by atoms with Crippen LogP contribution in [0.25, 0.3) is 6.08 Å². The van der Waals surface area contributed by atoms with E-state index in [9.17, 15) is 14.0 Å². The summed E-state index contributed by atoms with van der Waals surface area (Å²) in [4.78, 5) is 29.1. The zero-order valence-corrected chi connectivity index (χ0v) is 15.7. The molecule has 0 atom stereocenters. The molecule has 148 valence electrons. The highest BCUT2D eigenvalue weighted by Crippen LogP contribution is 2.09. The van der Waals surface area contributed by atoms with E-state index in [1.54, 1.807) is 42.9 Å². The van der Waals surface area contributed by atoms with E-state index in [-0.39, 0.29) is 11.5 Å². The van der Waals surface area contributed by atoms with E-state index in [0.717, 1.165) is 0 Å². The Hall–Kier alpha value is -3.74. The van der Waals surface area contributed by atoms with Crippen LogP contribution < -0.4 is 10.6 Å². The topological polar surface area (TPSA) is 76.0 Å². The lowest BCUT2D eigenvalue weighted by Gasteiger charge is -2.11. The van der Waals surface area contributed by atoms with Gasteiger partial charge in [0, 0.05) is 31.0 Å². The number of nitrogens with zero attached hydrogens (tertiary/aromatic N) is 2. The number of amides is 2. The number of halogens is 1. The summed E-state index contributed by atoms with van der Waals surface area (Å²) in [7, 11) is 0. The number of carbonyl (C=O) groups is 2. The predicted molar refractivity (Wildman–Crippen MR) is 108 cm³/mol. The summed E-state index contributed by atoms with van der Waals surface area (Å²) >= 11 is 0. The maximum Gasteiger partial charge on any atom is 0.267 e. The molecule has 2 N–H and O–H groups in total. The lowest BCUT2D eigenvalue weighted by molar-refractivity contribution is -0.117. The van der Waals surface area contributed by atoms with Gasteiger partial charge >= 0.3 is 0 Å². The monoisotopic (exact) mass is 392 g/mol. The fraction of sp³-hybridized carbons (Fsp3) is 0.136. The zero-order valence-electron chi connectivity index (χ0n) is 15.7. The van der Waals surface area contributed by atoms with Gasteiger partial charge in [-0.25, -0.2) is 9.37 Å². The third-order valence-electron chi connectivity index (χ3n) is 4.15. The SMILES string of the molecule is O=C(NCCCn1ccnc1)/C(=C\c1ccc(F)cc1)NC(=O)c1ccccc1. The molecule has 1 heterocycles. The molecule has 0 aliphatic heterocycles. The first kappa shape index (κ1) is 20.0. The molecular weight excluding hydrogens is 371 g/mol. The fourth-order valence-corrected chi connectivity index (χ4v) is 2.65. The highest BCUT2D eigenvalue weighted by molar-refractivity contribution is 6.05. The number of imidazole rings is 1. The fourth-order valence-electron chi connectivity index (χ4n) is 2.65. The molecule has 0 aliphatic rings. The van der Waals surface area contributed by atoms with Crippen LogP contribution in [0.2, 0.25) is 0 Å². The van der Waals surface area contributed by atoms with Crippen molar-refractivity contribution in [3.8, 4) is 0 Å². The second-order valence-electron chi connectivity index (χ2n) is 6.34. The van der Waals surface area contributed by atoms with Crippen molar-refractivity contribution in [1.82, 2.24) is 20.2 Å². The predicted octanol–water partition coefficient (Wildman–Crippen LogP) is 3.00. The number of nitrogens with one attached hydrogen (secondary N) is 2. The van der Waals surface area contributed by atoms with Gasteiger partial charge in [0.15, 0.2) is 0 Å². The highest BCUT2D eigenvalue weighted by atomic mass is 19.1. The van der Waals surface area contributed by atoms with Gasteiger partial charge in [-0.2, -0.15) is 0 Å².